The second-order valence-corrected chi connectivity index (χ2v) is 8.93. The lowest BCUT2D eigenvalue weighted by Gasteiger charge is -2.27. The van der Waals surface area contributed by atoms with Gasteiger partial charge in [0.05, 0.1) is 23.3 Å². The van der Waals surface area contributed by atoms with Crippen molar-refractivity contribution in [2.24, 2.45) is 0 Å². The number of rotatable bonds is 2. The number of H-pyrrole nitrogens is 2. The first kappa shape index (κ1) is 18.7. The molecule has 3 heterocycles. The van der Waals surface area contributed by atoms with E-state index in [-0.39, 0.29) is 17.4 Å². The Kier molecular flexibility index (Phi) is 4.53. The molecular formula is C20H22BrN5O2. The van der Waals surface area contributed by atoms with Crippen LogP contribution in [0.2, 0.25) is 0 Å². The van der Waals surface area contributed by atoms with Crippen molar-refractivity contribution < 1.29 is 9.59 Å². The molecular weight excluding hydrogens is 422 g/mol. The summed E-state index contributed by atoms with van der Waals surface area (Å²) >= 11 is 3.52. The van der Waals surface area contributed by atoms with Crippen LogP contribution in [0.3, 0.4) is 0 Å². The Labute approximate surface area is 171 Å². The summed E-state index contributed by atoms with van der Waals surface area (Å²) < 4.78 is 0.948. The summed E-state index contributed by atoms with van der Waals surface area (Å²) in [5.41, 5.74) is 3.26. The zero-order valence-corrected chi connectivity index (χ0v) is 17.6. The number of carbonyl (C=O) groups excluding carboxylic acids is 2. The summed E-state index contributed by atoms with van der Waals surface area (Å²) in [6.07, 6.45) is 2.42. The number of fused-ring (bicyclic) bond motifs is 2. The molecule has 1 aliphatic heterocycles. The number of aromatic nitrogens is 3. The van der Waals surface area contributed by atoms with Gasteiger partial charge in [-0.25, -0.2) is 0 Å². The van der Waals surface area contributed by atoms with E-state index in [1.807, 2.05) is 45.2 Å². The predicted molar refractivity (Wildman–Crippen MR) is 110 cm³/mol. The van der Waals surface area contributed by atoms with Crippen LogP contribution in [0, 0.1) is 0 Å². The lowest BCUT2D eigenvalue weighted by molar-refractivity contribution is 0.0734. The monoisotopic (exact) mass is 443 g/mol. The third-order valence-corrected chi connectivity index (χ3v) is 5.52. The van der Waals surface area contributed by atoms with E-state index in [4.69, 9.17) is 0 Å². The number of halogens is 1. The van der Waals surface area contributed by atoms with Crippen molar-refractivity contribution >= 4 is 38.6 Å². The quantitative estimate of drug-likeness (QED) is 0.566. The molecule has 146 valence electrons. The minimum absolute atomic E-state index is 0.0408. The van der Waals surface area contributed by atoms with Crippen molar-refractivity contribution in [2.75, 3.05) is 6.54 Å². The zero-order chi connectivity index (χ0) is 20.1. The van der Waals surface area contributed by atoms with Gasteiger partial charge in [-0.3, -0.25) is 14.7 Å². The van der Waals surface area contributed by atoms with E-state index in [2.05, 4.69) is 36.4 Å². The van der Waals surface area contributed by atoms with E-state index >= 15 is 0 Å². The first-order valence-electron chi connectivity index (χ1n) is 9.18. The first-order valence-corrected chi connectivity index (χ1v) is 9.97. The van der Waals surface area contributed by atoms with Crippen LogP contribution in [-0.4, -0.2) is 44.0 Å². The topological polar surface area (TPSA) is 93.9 Å². The Hall–Kier alpha value is -2.61. The van der Waals surface area contributed by atoms with Crippen LogP contribution in [0.25, 0.3) is 10.9 Å². The number of nitrogens with zero attached hydrogens (tertiary/aromatic N) is 2. The average Bonchev–Trinajstić information content (AvgIpc) is 3.27. The van der Waals surface area contributed by atoms with Crippen LogP contribution in [0.5, 0.6) is 0 Å². The molecule has 0 fully saturated rings. The number of aromatic amines is 2. The Morgan fingerprint density at radius 2 is 2.04 bits per heavy atom. The summed E-state index contributed by atoms with van der Waals surface area (Å²) in [4.78, 5) is 30.6. The number of carbonyl (C=O) groups is 2. The molecule has 0 atom stereocenters. The molecule has 0 saturated heterocycles. The normalized spacial score (nSPS) is 14.2. The molecule has 0 aliphatic carbocycles. The van der Waals surface area contributed by atoms with Crippen LogP contribution in [-0.2, 0) is 13.0 Å². The highest BCUT2D eigenvalue weighted by atomic mass is 79.9. The lowest BCUT2D eigenvalue weighted by atomic mass is 10.0. The van der Waals surface area contributed by atoms with Crippen LogP contribution in [0.4, 0.5) is 0 Å². The molecule has 3 aromatic rings. The molecule has 8 heteroatoms. The van der Waals surface area contributed by atoms with E-state index < -0.39 is 0 Å². The maximum absolute atomic E-state index is 13.1. The third-order valence-electron chi connectivity index (χ3n) is 4.82. The molecule has 3 N–H and O–H groups in total. The second-order valence-electron chi connectivity index (χ2n) is 8.07. The maximum Gasteiger partial charge on any atom is 0.272 e. The van der Waals surface area contributed by atoms with Gasteiger partial charge in [-0.15, -0.1) is 0 Å². The molecule has 2 aromatic heterocycles. The van der Waals surface area contributed by atoms with Crippen molar-refractivity contribution in [1.82, 2.24) is 25.4 Å². The van der Waals surface area contributed by atoms with Gasteiger partial charge in [-0.1, -0.05) is 15.9 Å². The molecule has 0 radical (unpaired) electrons. The summed E-state index contributed by atoms with van der Waals surface area (Å²) in [7, 11) is 0. The molecule has 0 spiro atoms. The van der Waals surface area contributed by atoms with Gasteiger partial charge in [-0.2, -0.15) is 5.10 Å². The predicted octanol–water partition coefficient (Wildman–Crippen LogP) is 3.38. The standard InChI is InChI=1S/C20H22BrN5O2/c1-20(2,3)23-18(27)17-12-7-9-26(10-15(12)24-25-17)19(28)13-4-5-14(21)11-6-8-22-16(11)13/h4-6,8,22H,7,9-10H2,1-3H3,(H,23,27)(H,24,25). The van der Waals surface area contributed by atoms with Gasteiger partial charge in [0.25, 0.3) is 11.8 Å². The van der Waals surface area contributed by atoms with E-state index in [9.17, 15) is 9.59 Å². The van der Waals surface area contributed by atoms with Gasteiger partial charge in [0.2, 0.25) is 0 Å². The van der Waals surface area contributed by atoms with Crippen molar-refractivity contribution in [3.63, 3.8) is 0 Å². The molecule has 28 heavy (non-hydrogen) atoms. The van der Waals surface area contributed by atoms with Crippen molar-refractivity contribution in [3.8, 4) is 0 Å². The van der Waals surface area contributed by atoms with Crippen LogP contribution in [0.1, 0.15) is 52.9 Å². The fourth-order valence-electron chi connectivity index (χ4n) is 3.55. The summed E-state index contributed by atoms with van der Waals surface area (Å²) in [5.74, 6) is -0.230. The van der Waals surface area contributed by atoms with Crippen LogP contribution >= 0.6 is 15.9 Å². The first-order chi connectivity index (χ1) is 13.2. The van der Waals surface area contributed by atoms with Gasteiger partial charge in [0.1, 0.15) is 0 Å². The molecule has 1 aromatic carbocycles. The fourth-order valence-corrected chi connectivity index (χ4v) is 4.01. The van der Waals surface area contributed by atoms with Crippen LogP contribution in [0.15, 0.2) is 28.9 Å². The molecule has 2 amide bonds. The van der Waals surface area contributed by atoms with Gasteiger partial charge in [-0.05, 0) is 45.4 Å². The van der Waals surface area contributed by atoms with Gasteiger partial charge in [0.15, 0.2) is 5.69 Å². The highest BCUT2D eigenvalue weighted by Crippen LogP contribution is 2.28. The Morgan fingerprint density at radius 1 is 1.25 bits per heavy atom. The Balaban J connectivity index is 1.58. The van der Waals surface area contributed by atoms with E-state index in [0.29, 0.717) is 30.8 Å². The van der Waals surface area contributed by atoms with Crippen molar-refractivity contribution in [3.05, 3.63) is 51.4 Å². The van der Waals surface area contributed by atoms with E-state index in [0.717, 1.165) is 26.6 Å². The molecule has 7 nitrogen and oxygen atoms in total. The number of nitrogens with one attached hydrogen (secondary N) is 3. The largest absolute Gasteiger partial charge is 0.360 e. The number of hydrogen-bond acceptors (Lipinski definition) is 3. The fraction of sp³-hybridized carbons (Fsp3) is 0.350. The van der Waals surface area contributed by atoms with Crippen LogP contribution < -0.4 is 5.32 Å². The second kappa shape index (κ2) is 6.77. The number of amides is 2. The smallest absolute Gasteiger partial charge is 0.272 e. The Bertz CT molecular complexity index is 1080. The van der Waals surface area contributed by atoms with Gasteiger partial charge in [0, 0.05) is 33.7 Å². The lowest BCUT2D eigenvalue weighted by Crippen LogP contribution is -2.41. The van der Waals surface area contributed by atoms with Gasteiger partial charge >= 0.3 is 0 Å². The summed E-state index contributed by atoms with van der Waals surface area (Å²) in [6.45, 7) is 6.75. The molecule has 1 aliphatic rings. The average molecular weight is 444 g/mol. The van der Waals surface area contributed by atoms with Gasteiger partial charge < -0.3 is 15.2 Å². The minimum Gasteiger partial charge on any atom is -0.360 e. The van der Waals surface area contributed by atoms with Crippen molar-refractivity contribution in [2.45, 2.75) is 39.3 Å². The maximum atomic E-state index is 13.1. The highest BCUT2D eigenvalue weighted by molar-refractivity contribution is 9.10. The summed E-state index contributed by atoms with van der Waals surface area (Å²) in [6, 6.07) is 5.67. The molecule has 0 saturated carbocycles. The molecule has 0 unspecified atom stereocenters. The number of benzene rings is 1. The Morgan fingerprint density at radius 3 is 2.79 bits per heavy atom. The third kappa shape index (κ3) is 3.32. The molecule has 0 bridgehead atoms. The van der Waals surface area contributed by atoms with E-state index in [1.54, 1.807) is 4.90 Å². The summed E-state index contributed by atoms with van der Waals surface area (Å²) in [5, 5.41) is 11.1. The van der Waals surface area contributed by atoms with Crippen molar-refractivity contribution in [1.29, 1.82) is 0 Å². The zero-order valence-electron chi connectivity index (χ0n) is 16.0. The highest BCUT2D eigenvalue weighted by Gasteiger charge is 2.29. The van der Waals surface area contributed by atoms with E-state index in [1.165, 1.54) is 0 Å². The molecule has 4 rings (SSSR count). The number of hydrogen-bond donors (Lipinski definition) is 3. The SMILES string of the molecule is CC(C)(C)NC(=O)c1n[nH]c2c1CCN(C(=O)c1ccc(Br)c3cc[nH]c13)C2. The minimum atomic E-state index is -0.331.